The normalized spacial score (nSPS) is 17.5. The van der Waals surface area contributed by atoms with Crippen molar-refractivity contribution in [1.29, 1.82) is 0 Å². The molecule has 7 nitrogen and oxygen atoms in total. The summed E-state index contributed by atoms with van der Waals surface area (Å²) in [4.78, 5) is 7.41. The van der Waals surface area contributed by atoms with Gasteiger partial charge in [-0.3, -0.25) is 14.6 Å². The lowest BCUT2D eigenvalue weighted by Crippen LogP contribution is -2.51. The average molecular weight is 535 g/mol. The third-order valence-corrected chi connectivity index (χ3v) is 5.30. The summed E-state index contributed by atoms with van der Waals surface area (Å²) in [6.45, 7) is 20.3. The molecule has 0 aliphatic carbocycles. The molecular formula is C22H43IN6O. The van der Waals surface area contributed by atoms with E-state index in [1.54, 1.807) is 0 Å². The Bertz CT molecular complexity index is 627. The lowest BCUT2D eigenvalue weighted by atomic mass is 10.0. The van der Waals surface area contributed by atoms with Gasteiger partial charge in [0, 0.05) is 51.0 Å². The zero-order valence-corrected chi connectivity index (χ0v) is 22.1. The van der Waals surface area contributed by atoms with Crippen molar-refractivity contribution in [2.24, 2.45) is 16.8 Å². The standard InChI is InChI=1S/C22H42N6O.HI/c1-7-23-22(24-14-18(4)16-28-20(6)13-19(5)26-28)25-15-21(12-17(2)3)27-8-10-29-11-9-27;/h13,17-18,21H,7-12,14-16H2,1-6H3,(H2,23,24,25);1H. The number of hydrogen-bond donors (Lipinski definition) is 2. The van der Waals surface area contributed by atoms with E-state index in [-0.39, 0.29) is 24.0 Å². The molecule has 2 atom stereocenters. The third-order valence-electron chi connectivity index (χ3n) is 5.30. The van der Waals surface area contributed by atoms with E-state index in [9.17, 15) is 0 Å². The van der Waals surface area contributed by atoms with Crippen LogP contribution >= 0.6 is 24.0 Å². The highest BCUT2D eigenvalue weighted by Gasteiger charge is 2.22. The first kappa shape index (κ1) is 27.2. The molecule has 1 aliphatic heterocycles. The summed E-state index contributed by atoms with van der Waals surface area (Å²) in [6, 6.07) is 2.64. The Hall–Kier alpha value is -0.870. The second-order valence-electron chi connectivity index (χ2n) is 8.75. The van der Waals surface area contributed by atoms with Gasteiger partial charge in [-0.1, -0.05) is 20.8 Å². The van der Waals surface area contributed by atoms with Crippen LogP contribution in [-0.4, -0.2) is 72.6 Å². The first-order valence-electron chi connectivity index (χ1n) is 11.2. The molecule has 8 heteroatoms. The van der Waals surface area contributed by atoms with Crippen LogP contribution in [0.4, 0.5) is 0 Å². The predicted molar refractivity (Wildman–Crippen MR) is 136 cm³/mol. The number of hydrogen-bond acceptors (Lipinski definition) is 4. The Morgan fingerprint density at radius 1 is 1.20 bits per heavy atom. The van der Waals surface area contributed by atoms with E-state index in [1.807, 2.05) is 6.92 Å². The molecule has 0 saturated carbocycles. The number of rotatable bonds is 10. The SMILES string of the molecule is CCNC(=NCC(C)Cn1nc(C)cc1C)NCC(CC(C)C)N1CCOCC1.I. The monoisotopic (exact) mass is 534 g/mol. The van der Waals surface area contributed by atoms with Crippen molar-refractivity contribution in [3.63, 3.8) is 0 Å². The largest absolute Gasteiger partial charge is 0.379 e. The number of morpholine rings is 1. The van der Waals surface area contributed by atoms with E-state index in [0.29, 0.717) is 17.9 Å². The van der Waals surface area contributed by atoms with Crippen molar-refractivity contribution in [1.82, 2.24) is 25.3 Å². The van der Waals surface area contributed by atoms with E-state index >= 15 is 0 Å². The zero-order chi connectivity index (χ0) is 21.2. The summed E-state index contributed by atoms with van der Waals surface area (Å²) in [7, 11) is 0. The molecule has 174 valence electrons. The Labute approximate surface area is 200 Å². The van der Waals surface area contributed by atoms with Gasteiger partial charge in [0.2, 0.25) is 0 Å². The van der Waals surface area contributed by atoms with Crippen LogP contribution in [0.3, 0.4) is 0 Å². The van der Waals surface area contributed by atoms with E-state index in [0.717, 1.165) is 64.1 Å². The molecule has 0 aromatic carbocycles. The second-order valence-corrected chi connectivity index (χ2v) is 8.75. The van der Waals surface area contributed by atoms with Crippen LogP contribution in [0.25, 0.3) is 0 Å². The number of guanidine groups is 1. The van der Waals surface area contributed by atoms with Gasteiger partial charge in [0.15, 0.2) is 5.96 Å². The topological polar surface area (TPSA) is 66.7 Å². The molecule has 0 bridgehead atoms. The number of aryl methyl sites for hydroxylation is 2. The minimum atomic E-state index is 0. The Kier molecular flexibility index (Phi) is 12.9. The summed E-state index contributed by atoms with van der Waals surface area (Å²) in [5, 5.41) is 11.6. The van der Waals surface area contributed by atoms with Crippen LogP contribution in [-0.2, 0) is 11.3 Å². The van der Waals surface area contributed by atoms with Gasteiger partial charge >= 0.3 is 0 Å². The molecule has 1 fully saturated rings. The fourth-order valence-corrected chi connectivity index (χ4v) is 3.86. The lowest BCUT2D eigenvalue weighted by Gasteiger charge is -2.35. The summed E-state index contributed by atoms with van der Waals surface area (Å²) in [5.74, 6) is 2.01. The van der Waals surface area contributed by atoms with Crippen molar-refractivity contribution >= 4 is 29.9 Å². The summed E-state index contributed by atoms with van der Waals surface area (Å²) in [6.07, 6.45) is 1.18. The predicted octanol–water partition coefficient (Wildman–Crippen LogP) is 3.06. The maximum atomic E-state index is 5.54. The van der Waals surface area contributed by atoms with Crippen molar-refractivity contribution in [3.05, 3.63) is 17.5 Å². The molecule has 2 rings (SSSR count). The van der Waals surface area contributed by atoms with Crippen molar-refractivity contribution in [2.75, 3.05) is 45.9 Å². The molecule has 2 N–H and O–H groups in total. The number of nitrogens with one attached hydrogen (secondary N) is 2. The Morgan fingerprint density at radius 3 is 2.47 bits per heavy atom. The molecule has 0 radical (unpaired) electrons. The van der Waals surface area contributed by atoms with E-state index in [4.69, 9.17) is 9.73 Å². The molecule has 2 heterocycles. The van der Waals surface area contributed by atoms with Gasteiger partial charge in [-0.15, -0.1) is 24.0 Å². The summed E-state index contributed by atoms with van der Waals surface area (Å²) in [5.41, 5.74) is 2.29. The van der Waals surface area contributed by atoms with Crippen LogP contribution in [0.2, 0.25) is 0 Å². The van der Waals surface area contributed by atoms with E-state index in [2.05, 4.69) is 66.0 Å². The first-order valence-corrected chi connectivity index (χ1v) is 11.2. The van der Waals surface area contributed by atoms with Crippen LogP contribution < -0.4 is 10.6 Å². The van der Waals surface area contributed by atoms with Crippen molar-refractivity contribution in [2.45, 2.75) is 60.5 Å². The van der Waals surface area contributed by atoms with Crippen molar-refractivity contribution < 1.29 is 4.74 Å². The van der Waals surface area contributed by atoms with Crippen LogP contribution in [0.5, 0.6) is 0 Å². The fourth-order valence-electron chi connectivity index (χ4n) is 3.86. The summed E-state index contributed by atoms with van der Waals surface area (Å²) < 4.78 is 7.63. The van der Waals surface area contributed by atoms with E-state index in [1.165, 1.54) is 12.1 Å². The minimum Gasteiger partial charge on any atom is -0.379 e. The smallest absolute Gasteiger partial charge is 0.191 e. The highest BCUT2D eigenvalue weighted by Crippen LogP contribution is 2.13. The van der Waals surface area contributed by atoms with Gasteiger partial charge < -0.3 is 15.4 Å². The van der Waals surface area contributed by atoms with Gasteiger partial charge in [-0.2, -0.15) is 5.10 Å². The molecule has 30 heavy (non-hydrogen) atoms. The molecule has 1 saturated heterocycles. The molecule has 0 amide bonds. The zero-order valence-electron chi connectivity index (χ0n) is 19.8. The molecule has 2 unspecified atom stereocenters. The van der Waals surface area contributed by atoms with Gasteiger partial charge in [0.25, 0.3) is 0 Å². The highest BCUT2D eigenvalue weighted by atomic mass is 127. The highest BCUT2D eigenvalue weighted by molar-refractivity contribution is 14.0. The van der Waals surface area contributed by atoms with Crippen molar-refractivity contribution in [3.8, 4) is 0 Å². The first-order chi connectivity index (χ1) is 13.9. The maximum Gasteiger partial charge on any atom is 0.191 e. The number of aliphatic imine (C=N–C) groups is 1. The Balaban J connectivity index is 0.00000450. The van der Waals surface area contributed by atoms with E-state index < -0.39 is 0 Å². The number of ether oxygens (including phenoxy) is 1. The second kappa shape index (κ2) is 14.2. The molecular weight excluding hydrogens is 491 g/mol. The third kappa shape index (κ3) is 9.51. The van der Waals surface area contributed by atoms with Crippen LogP contribution in [0.15, 0.2) is 11.1 Å². The molecule has 1 aromatic rings. The van der Waals surface area contributed by atoms with Crippen LogP contribution in [0.1, 0.15) is 45.5 Å². The van der Waals surface area contributed by atoms with Gasteiger partial charge in [0.1, 0.15) is 0 Å². The molecule has 1 aliphatic rings. The fraction of sp³-hybridized carbons (Fsp3) is 0.818. The minimum absolute atomic E-state index is 0. The quantitative estimate of drug-likeness (QED) is 0.275. The lowest BCUT2D eigenvalue weighted by molar-refractivity contribution is 0.0132. The molecule has 1 aromatic heterocycles. The summed E-state index contributed by atoms with van der Waals surface area (Å²) >= 11 is 0. The Morgan fingerprint density at radius 2 is 1.90 bits per heavy atom. The van der Waals surface area contributed by atoms with Gasteiger partial charge in [-0.25, -0.2) is 0 Å². The van der Waals surface area contributed by atoms with Crippen LogP contribution in [0, 0.1) is 25.7 Å². The number of aromatic nitrogens is 2. The molecule has 0 spiro atoms. The number of nitrogens with zero attached hydrogens (tertiary/aromatic N) is 4. The van der Waals surface area contributed by atoms with Gasteiger partial charge in [-0.05, 0) is 45.1 Å². The number of halogens is 1. The van der Waals surface area contributed by atoms with Gasteiger partial charge in [0.05, 0.1) is 18.9 Å². The average Bonchev–Trinajstić information content (AvgIpc) is 3.00. The maximum absolute atomic E-state index is 5.54.